The molecule has 0 fully saturated rings. The molecule has 2 rings (SSSR count). The van der Waals surface area contributed by atoms with Crippen LogP contribution in [0.1, 0.15) is 21.0 Å². The average Bonchev–Trinajstić information content (AvgIpc) is 2.92. The van der Waals surface area contributed by atoms with Crippen molar-refractivity contribution >= 4 is 17.6 Å². The van der Waals surface area contributed by atoms with Gasteiger partial charge in [0.15, 0.2) is 0 Å². The molecule has 0 saturated heterocycles. The maximum absolute atomic E-state index is 11.6. The highest BCUT2D eigenvalue weighted by molar-refractivity contribution is 6.02. The van der Waals surface area contributed by atoms with Crippen LogP contribution in [-0.2, 0) is 4.74 Å². The molecule has 8 heteroatoms. The summed E-state index contributed by atoms with van der Waals surface area (Å²) in [4.78, 5) is 22.9. The molecule has 0 saturated carbocycles. The minimum atomic E-state index is -0.522. The number of aromatic amines is 1. The Balaban J connectivity index is 2.15. The van der Waals surface area contributed by atoms with Crippen LogP contribution in [0, 0.1) is 0 Å². The Morgan fingerprint density at radius 3 is 2.89 bits per heavy atom. The molecule has 0 aliphatic rings. The van der Waals surface area contributed by atoms with Gasteiger partial charge in [-0.05, 0) is 23.4 Å². The third kappa shape index (κ3) is 2.48. The van der Waals surface area contributed by atoms with Crippen LogP contribution >= 0.6 is 0 Å². The molecule has 0 aliphatic heterocycles. The molecule has 0 bridgehead atoms. The fraction of sp³-hybridized carbons (Fsp3) is 0.100. The molecule has 0 aliphatic carbocycles. The number of ether oxygens (including phenoxy) is 1. The largest absolute Gasteiger partial charge is 0.465 e. The number of methoxy groups -OCH3 is 1. The first-order valence-corrected chi connectivity index (χ1v) is 4.94. The van der Waals surface area contributed by atoms with Crippen molar-refractivity contribution in [3.8, 4) is 0 Å². The SMILES string of the molecule is COC(=O)c1cccc(NC(=O)c2nn[nH]n2)c1. The summed E-state index contributed by atoms with van der Waals surface area (Å²) in [6.45, 7) is 0. The van der Waals surface area contributed by atoms with Crippen molar-refractivity contribution in [3.05, 3.63) is 35.7 Å². The summed E-state index contributed by atoms with van der Waals surface area (Å²) in [7, 11) is 1.28. The van der Waals surface area contributed by atoms with Gasteiger partial charge in [0.05, 0.1) is 12.7 Å². The van der Waals surface area contributed by atoms with Crippen molar-refractivity contribution in [1.29, 1.82) is 0 Å². The third-order valence-electron chi connectivity index (χ3n) is 2.09. The number of amides is 1. The van der Waals surface area contributed by atoms with Crippen LogP contribution < -0.4 is 5.32 Å². The number of nitrogens with one attached hydrogen (secondary N) is 2. The Hall–Kier alpha value is -2.77. The number of carbonyl (C=O) groups excluding carboxylic acids is 2. The minimum absolute atomic E-state index is 0.0847. The number of tetrazole rings is 1. The molecular formula is C10H9N5O3. The summed E-state index contributed by atoms with van der Waals surface area (Å²) >= 11 is 0. The summed E-state index contributed by atoms with van der Waals surface area (Å²) in [6.07, 6.45) is 0. The predicted molar refractivity (Wildman–Crippen MR) is 59.9 cm³/mol. The number of anilines is 1. The van der Waals surface area contributed by atoms with E-state index in [9.17, 15) is 9.59 Å². The van der Waals surface area contributed by atoms with E-state index < -0.39 is 11.9 Å². The number of H-pyrrole nitrogens is 1. The summed E-state index contributed by atoms with van der Waals surface area (Å²) < 4.78 is 4.58. The van der Waals surface area contributed by atoms with Gasteiger partial charge in [-0.1, -0.05) is 6.07 Å². The number of nitrogens with zero attached hydrogens (tertiary/aromatic N) is 3. The van der Waals surface area contributed by atoms with Crippen molar-refractivity contribution in [1.82, 2.24) is 20.6 Å². The molecule has 1 aromatic heterocycles. The number of benzene rings is 1. The van der Waals surface area contributed by atoms with Crippen LogP contribution in [0.25, 0.3) is 0 Å². The Kier molecular flexibility index (Phi) is 3.28. The predicted octanol–water partition coefficient (Wildman–Crippen LogP) is 0.239. The van der Waals surface area contributed by atoms with Gasteiger partial charge < -0.3 is 10.1 Å². The van der Waals surface area contributed by atoms with Gasteiger partial charge in [0.1, 0.15) is 0 Å². The van der Waals surface area contributed by atoms with Gasteiger partial charge in [0, 0.05) is 5.69 Å². The Labute approximate surface area is 101 Å². The van der Waals surface area contributed by atoms with Crippen LogP contribution in [0.4, 0.5) is 5.69 Å². The summed E-state index contributed by atoms with van der Waals surface area (Å²) in [6, 6.07) is 6.32. The molecule has 18 heavy (non-hydrogen) atoms. The molecule has 1 heterocycles. The standard InChI is InChI=1S/C10H9N5O3/c1-18-10(17)6-3-2-4-7(5-6)11-9(16)8-12-14-15-13-8/h2-5H,1H3,(H,11,16)(H,12,13,14,15). The number of rotatable bonds is 3. The smallest absolute Gasteiger partial charge is 0.337 e. The van der Waals surface area contributed by atoms with E-state index in [1.165, 1.54) is 13.2 Å². The molecule has 8 nitrogen and oxygen atoms in total. The van der Waals surface area contributed by atoms with Crippen molar-refractivity contribution < 1.29 is 14.3 Å². The second kappa shape index (κ2) is 5.04. The molecule has 1 aromatic carbocycles. The Morgan fingerprint density at radius 1 is 1.39 bits per heavy atom. The van der Waals surface area contributed by atoms with Gasteiger partial charge in [-0.25, -0.2) is 4.79 Å². The van der Waals surface area contributed by atoms with Gasteiger partial charge >= 0.3 is 5.97 Å². The highest BCUT2D eigenvalue weighted by Crippen LogP contribution is 2.12. The lowest BCUT2D eigenvalue weighted by atomic mass is 10.2. The van der Waals surface area contributed by atoms with Crippen molar-refractivity contribution in [3.63, 3.8) is 0 Å². The van der Waals surface area contributed by atoms with Crippen LogP contribution in [0.5, 0.6) is 0 Å². The average molecular weight is 247 g/mol. The Morgan fingerprint density at radius 2 is 2.22 bits per heavy atom. The van der Waals surface area contributed by atoms with Crippen molar-refractivity contribution in [2.24, 2.45) is 0 Å². The van der Waals surface area contributed by atoms with E-state index in [0.29, 0.717) is 11.3 Å². The zero-order valence-corrected chi connectivity index (χ0v) is 9.38. The lowest BCUT2D eigenvalue weighted by molar-refractivity contribution is 0.0600. The van der Waals surface area contributed by atoms with E-state index in [0.717, 1.165) is 0 Å². The van der Waals surface area contributed by atoms with Crippen molar-refractivity contribution in [2.45, 2.75) is 0 Å². The van der Waals surface area contributed by atoms with Crippen LogP contribution in [-0.4, -0.2) is 39.6 Å². The first-order chi connectivity index (χ1) is 8.70. The minimum Gasteiger partial charge on any atom is -0.465 e. The van der Waals surface area contributed by atoms with Gasteiger partial charge in [-0.3, -0.25) is 4.79 Å². The van der Waals surface area contributed by atoms with Gasteiger partial charge in [-0.15, -0.1) is 10.2 Å². The highest BCUT2D eigenvalue weighted by Gasteiger charge is 2.12. The molecule has 0 unspecified atom stereocenters. The summed E-state index contributed by atoms with van der Waals surface area (Å²) in [5.74, 6) is -1.09. The number of esters is 1. The molecule has 2 N–H and O–H groups in total. The fourth-order valence-electron chi connectivity index (χ4n) is 1.29. The summed E-state index contributed by atoms with van der Waals surface area (Å²) in [5, 5.41) is 15.0. The van der Waals surface area contributed by atoms with Crippen LogP contribution in [0.3, 0.4) is 0 Å². The highest BCUT2D eigenvalue weighted by atomic mass is 16.5. The van der Waals surface area contributed by atoms with Gasteiger partial charge in [-0.2, -0.15) is 5.21 Å². The molecule has 92 valence electrons. The second-order valence-electron chi connectivity index (χ2n) is 3.26. The maximum atomic E-state index is 11.6. The number of carbonyl (C=O) groups is 2. The van der Waals surface area contributed by atoms with Gasteiger partial charge in [0.2, 0.25) is 0 Å². The molecule has 2 aromatic rings. The molecule has 0 atom stereocenters. The lowest BCUT2D eigenvalue weighted by Crippen LogP contribution is -2.14. The monoisotopic (exact) mass is 247 g/mol. The van der Waals surface area contributed by atoms with E-state index in [4.69, 9.17) is 0 Å². The second-order valence-corrected chi connectivity index (χ2v) is 3.26. The first-order valence-electron chi connectivity index (χ1n) is 4.94. The number of hydrogen-bond donors (Lipinski definition) is 2. The molecule has 1 amide bonds. The molecular weight excluding hydrogens is 238 g/mol. The fourth-order valence-corrected chi connectivity index (χ4v) is 1.29. The maximum Gasteiger partial charge on any atom is 0.337 e. The van der Waals surface area contributed by atoms with E-state index >= 15 is 0 Å². The van der Waals surface area contributed by atoms with Crippen LogP contribution in [0.2, 0.25) is 0 Å². The quantitative estimate of drug-likeness (QED) is 0.751. The molecule has 0 radical (unpaired) electrons. The zero-order valence-electron chi connectivity index (χ0n) is 9.38. The lowest BCUT2D eigenvalue weighted by Gasteiger charge is -2.04. The van der Waals surface area contributed by atoms with Crippen molar-refractivity contribution in [2.75, 3.05) is 12.4 Å². The topological polar surface area (TPSA) is 110 Å². The van der Waals surface area contributed by atoms with E-state index in [1.807, 2.05) is 0 Å². The van der Waals surface area contributed by atoms with Crippen LogP contribution in [0.15, 0.2) is 24.3 Å². The normalized spacial score (nSPS) is 9.83. The molecule has 0 spiro atoms. The van der Waals surface area contributed by atoms with Gasteiger partial charge in [0.25, 0.3) is 11.7 Å². The van der Waals surface area contributed by atoms with E-state index in [-0.39, 0.29) is 5.82 Å². The van der Waals surface area contributed by atoms with E-state index in [1.54, 1.807) is 18.2 Å². The van der Waals surface area contributed by atoms with E-state index in [2.05, 4.69) is 30.7 Å². The zero-order chi connectivity index (χ0) is 13.0. The third-order valence-corrected chi connectivity index (χ3v) is 2.09. The number of aromatic nitrogens is 4. The summed E-state index contributed by atoms with van der Waals surface area (Å²) in [5.41, 5.74) is 0.774. The number of hydrogen-bond acceptors (Lipinski definition) is 6. The Bertz CT molecular complexity index is 567. The first kappa shape index (κ1) is 11.7.